The van der Waals surface area contributed by atoms with Crippen molar-refractivity contribution in [1.82, 2.24) is 5.32 Å². The van der Waals surface area contributed by atoms with Crippen LogP contribution in [0.15, 0.2) is 30.3 Å². The van der Waals surface area contributed by atoms with E-state index in [2.05, 4.69) is 12.2 Å². The number of para-hydroxylation sites is 1. The molecule has 0 aliphatic carbocycles. The number of hydrogen-bond acceptors (Lipinski definition) is 4. The monoisotopic (exact) mass is 365 g/mol. The molecule has 0 saturated carbocycles. The Morgan fingerprint density at radius 3 is 2.27 bits per heavy atom. The maximum Gasteiger partial charge on any atom is 0.412 e. The first-order chi connectivity index (χ1) is 12.7. The molecule has 0 atom stereocenters. The highest BCUT2D eigenvalue weighted by atomic mass is 16.6. The number of unbranched alkanes of at least 4 members (excludes halogenated alkanes) is 5. The molecule has 5 heteroatoms. The highest BCUT2D eigenvalue weighted by Gasteiger charge is 2.03. The number of hydrogen-bond donors (Lipinski definition) is 1. The van der Waals surface area contributed by atoms with Gasteiger partial charge in [0.2, 0.25) is 0 Å². The van der Waals surface area contributed by atoms with Crippen LogP contribution in [-0.4, -0.2) is 25.2 Å². The van der Waals surface area contributed by atoms with Crippen molar-refractivity contribution in [2.45, 2.75) is 72.1 Å². The SMILES string of the molecule is CC.CCCCOC(=O)CCCCCCCNC(=O)Oc1ccccc1. The van der Waals surface area contributed by atoms with E-state index in [1.54, 1.807) is 12.1 Å². The van der Waals surface area contributed by atoms with Gasteiger partial charge in [-0.05, 0) is 31.4 Å². The van der Waals surface area contributed by atoms with Crippen LogP contribution in [0.3, 0.4) is 0 Å². The summed E-state index contributed by atoms with van der Waals surface area (Å²) in [4.78, 5) is 22.9. The van der Waals surface area contributed by atoms with E-state index in [-0.39, 0.29) is 5.97 Å². The number of carbonyl (C=O) groups excluding carboxylic acids is 2. The topological polar surface area (TPSA) is 64.6 Å². The summed E-state index contributed by atoms with van der Waals surface area (Å²) < 4.78 is 10.2. The third kappa shape index (κ3) is 14.3. The smallest absolute Gasteiger partial charge is 0.412 e. The van der Waals surface area contributed by atoms with Gasteiger partial charge in [0.1, 0.15) is 5.75 Å². The molecule has 148 valence electrons. The fourth-order valence-corrected chi connectivity index (χ4v) is 2.15. The summed E-state index contributed by atoms with van der Waals surface area (Å²) in [7, 11) is 0. The van der Waals surface area contributed by atoms with Crippen molar-refractivity contribution < 1.29 is 19.1 Å². The fourth-order valence-electron chi connectivity index (χ4n) is 2.15. The van der Waals surface area contributed by atoms with Crippen LogP contribution in [-0.2, 0) is 9.53 Å². The number of benzene rings is 1. The summed E-state index contributed by atoms with van der Waals surface area (Å²) >= 11 is 0. The van der Waals surface area contributed by atoms with Gasteiger partial charge in [-0.1, -0.05) is 64.7 Å². The van der Waals surface area contributed by atoms with Crippen LogP contribution in [0.4, 0.5) is 4.79 Å². The summed E-state index contributed by atoms with van der Waals surface area (Å²) in [5.41, 5.74) is 0. The van der Waals surface area contributed by atoms with E-state index in [0.717, 1.165) is 44.9 Å². The second-order valence-electron chi connectivity index (χ2n) is 5.72. The van der Waals surface area contributed by atoms with Gasteiger partial charge >= 0.3 is 12.1 Å². The predicted molar refractivity (Wildman–Crippen MR) is 105 cm³/mol. The zero-order valence-electron chi connectivity index (χ0n) is 16.6. The first-order valence-corrected chi connectivity index (χ1v) is 9.88. The molecule has 0 saturated heterocycles. The Hall–Kier alpha value is -2.04. The first-order valence-electron chi connectivity index (χ1n) is 9.88. The summed E-state index contributed by atoms with van der Waals surface area (Å²) in [5, 5.41) is 2.73. The van der Waals surface area contributed by atoms with Gasteiger partial charge in [0.25, 0.3) is 0 Å². The molecular weight excluding hydrogens is 330 g/mol. The average molecular weight is 366 g/mol. The van der Waals surface area contributed by atoms with Crippen LogP contribution in [0.25, 0.3) is 0 Å². The van der Waals surface area contributed by atoms with Crippen LogP contribution < -0.4 is 10.1 Å². The number of rotatable bonds is 12. The van der Waals surface area contributed by atoms with E-state index in [1.165, 1.54) is 0 Å². The van der Waals surface area contributed by atoms with E-state index >= 15 is 0 Å². The summed E-state index contributed by atoms with van der Waals surface area (Å²) in [6, 6.07) is 9.00. The van der Waals surface area contributed by atoms with Crippen LogP contribution in [0.1, 0.15) is 72.1 Å². The molecule has 0 aliphatic rings. The third-order valence-electron chi connectivity index (χ3n) is 3.54. The van der Waals surface area contributed by atoms with Gasteiger partial charge in [0, 0.05) is 13.0 Å². The van der Waals surface area contributed by atoms with Gasteiger partial charge in [-0.3, -0.25) is 4.79 Å². The lowest BCUT2D eigenvalue weighted by Crippen LogP contribution is -2.27. The first kappa shape index (κ1) is 24.0. The van der Waals surface area contributed by atoms with Crippen LogP contribution in [0.5, 0.6) is 5.75 Å². The minimum atomic E-state index is -0.420. The molecular formula is C21H35NO4. The van der Waals surface area contributed by atoms with E-state index in [1.807, 2.05) is 32.0 Å². The standard InChI is InChI=1S/C19H29NO4.C2H6/c1-2-3-16-23-18(21)14-10-5-4-6-11-15-20-19(22)24-17-12-8-7-9-13-17;1-2/h7-9,12-13H,2-6,10-11,14-16H2,1H3,(H,20,22);1-2H3. The number of nitrogens with one attached hydrogen (secondary N) is 1. The number of esters is 1. The molecule has 0 spiro atoms. The minimum absolute atomic E-state index is 0.0891. The molecule has 1 rings (SSSR count). The Bertz CT molecular complexity index is 462. The quantitative estimate of drug-likeness (QED) is 0.393. The molecule has 1 aromatic carbocycles. The lowest BCUT2D eigenvalue weighted by molar-refractivity contribution is -0.143. The molecule has 1 aromatic rings. The van der Waals surface area contributed by atoms with Crippen LogP contribution in [0.2, 0.25) is 0 Å². The highest BCUT2D eigenvalue weighted by molar-refractivity contribution is 5.70. The largest absolute Gasteiger partial charge is 0.466 e. The highest BCUT2D eigenvalue weighted by Crippen LogP contribution is 2.09. The van der Waals surface area contributed by atoms with Gasteiger partial charge in [0.15, 0.2) is 0 Å². The molecule has 0 aromatic heterocycles. The fraction of sp³-hybridized carbons (Fsp3) is 0.619. The van der Waals surface area contributed by atoms with Gasteiger partial charge < -0.3 is 14.8 Å². The number of ether oxygens (including phenoxy) is 2. The van der Waals surface area contributed by atoms with Crippen molar-refractivity contribution in [2.75, 3.05) is 13.2 Å². The Morgan fingerprint density at radius 1 is 0.923 bits per heavy atom. The van der Waals surface area contributed by atoms with E-state index < -0.39 is 6.09 Å². The molecule has 1 amide bonds. The zero-order chi connectivity index (χ0) is 19.5. The Morgan fingerprint density at radius 2 is 1.58 bits per heavy atom. The predicted octanol–water partition coefficient (Wildman–Crippen LogP) is 5.49. The summed E-state index contributed by atoms with van der Waals surface area (Å²) in [5.74, 6) is 0.453. The third-order valence-corrected chi connectivity index (χ3v) is 3.54. The van der Waals surface area contributed by atoms with Gasteiger partial charge in [-0.15, -0.1) is 0 Å². The van der Waals surface area contributed by atoms with Crippen molar-refractivity contribution >= 4 is 12.1 Å². The van der Waals surface area contributed by atoms with Gasteiger partial charge in [0.05, 0.1) is 6.61 Å². The molecule has 1 N–H and O–H groups in total. The lowest BCUT2D eigenvalue weighted by atomic mass is 10.1. The maximum absolute atomic E-state index is 11.5. The lowest BCUT2D eigenvalue weighted by Gasteiger charge is -2.06. The zero-order valence-corrected chi connectivity index (χ0v) is 16.6. The summed E-state index contributed by atoms with van der Waals surface area (Å²) in [6.45, 7) is 7.22. The molecule has 0 unspecified atom stereocenters. The molecule has 0 heterocycles. The van der Waals surface area contributed by atoms with Crippen molar-refractivity contribution in [3.8, 4) is 5.75 Å². The second kappa shape index (κ2) is 17.8. The number of carbonyl (C=O) groups is 2. The molecule has 0 radical (unpaired) electrons. The van der Waals surface area contributed by atoms with E-state index in [4.69, 9.17) is 9.47 Å². The Labute approximate surface area is 158 Å². The Kier molecular flexibility index (Phi) is 16.4. The van der Waals surface area contributed by atoms with Crippen molar-refractivity contribution in [1.29, 1.82) is 0 Å². The molecule has 5 nitrogen and oxygen atoms in total. The van der Waals surface area contributed by atoms with Crippen molar-refractivity contribution in [3.63, 3.8) is 0 Å². The summed E-state index contributed by atoms with van der Waals surface area (Å²) in [6.07, 6.45) is 6.93. The van der Waals surface area contributed by atoms with Crippen molar-refractivity contribution in [2.24, 2.45) is 0 Å². The van der Waals surface area contributed by atoms with Crippen LogP contribution in [0, 0.1) is 0 Å². The molecule has 0 fully saturated rings. The molecule has 0 aliphatic heterocycles. The van der Waals surface area contributed by atoms with Gasteiger partial charge in [-0.2, -0.15) is 0 Å². The second-order valence-corrected chi connectivity index (χ2v) is 5.72. The minimum Gasteiger partial charge on any atom is -0.466 e. The Balaban J connectivity index is 0.00000301. The number of amides is 1. The van der Waals surface area contributed by atoms with Gasteiger partial charge in [-0.25, -0.2) is 4.79 Å². The molecule has 26 heavy (non-hydrogen) atoms. The van der Waals surface area contributed by atoms with Crippen molar-refractivity contribution in [3.05, 3.63) is 30.3 Å². The van der Waals surface area contributed by atoms with E-state index in [0.29, 0.717) is 25.3 Å². The van der Waals surface area contributed by atoms with Crippen LogP contribution >= 0.6 is 0 Å². The maximum atomic E-state index is 11.5. The van der Waals surface area contributed by atoms with E-state index in [9.17, 15) is 9.59 Å². The normalized spacial score (nSPS) is 9.65. The molecule has 0 bridgehead atoms. The average Bonchev–Trinajstić information content (AvgIpc) is 2.66.